The van der Waals surface area contributed by atoms with Crippen molar-refractivity contribution < 1.29 is 9.59 Å². The van der Waals surface area contributed by atoms with Crippen LogP contribution in [0.5, 0.6) is 0 Å². The van der Waals surface area contributed by atoms with Crippen molar-refractivity contribution in [1.29, 1.82) is 0 Å². The molecule has 1 spiro atoms. The number of nitrogens with one attached hydrogen (secondary N) is 3. The molecule has 2 aliphatic rings. The minimum Gasteiger partial charge on any atom is -0.342 e. The number of amides is 2. The van der Waals surface area contributed by atoms with Gasteiger partial charge in [-0.05, 0) is 57.0 Å². The maximum absolute atomic E-state index is 13.5. The van der Waals surface area contributed by atoms with Gasteiger partial charge >= 0.3 is 0 Å². The maximum Gasteiger partial charge on any atom is 0.246 e. The van der Waals surface area contributed by atoms with Crippen LogP contribution < -0.4 is 16.0 Å². The highest BCUT2D eigenvalue weighted by Crippen LogP contribution is 2.50. The molecule has 2 fully saturated rings. The van der Waals surface area contributed by atoms with Crippen molar-refractivity contribution in [3.63, 3.8) is 0 Å². The zero-order chi connectivity index (χ0) is 21.3. The Morgan fingerprint density at radius 2 is 1.82 bits per heavy atom. The van der Waals surface area contributed by atoms with Crippen molar-refractivity contribution in [3.05, 3.63) is 0 Å². The van der Waals surface area contributed by atoms with Crippen LogP contribution in [-0.2, 0) is 9.59 Å². The lowest BCUT2D eigenvalue weighted by molar-refractivity contribution is -0.141. The number of carbonyl (C=O) groups excluding carboxylic acids is 2. The fraction of sp³-hybridized carbons (Fsp3) is 0.909. The minimum atomic E-state index is -0.512. The predicted molar refractivity (Wildman–Crippen MR) is 114 cm³/mol. The number of hydrogen-bond acceptors (Lipinski definition) is 4. The summed E-state index contributed by atoms with van der Waals surface area (Å²) in [5, 5.41) is 9.65. The molecule has 162 valence electrons. The van der Waals surface area contributed by atoms with E-state index in [9.17, 15) is 9.59 Å². The van der Waals surface area contributed by atoms with E-state index in [1.807, 2.05) is 27.7 Å². The molecular weight excluding hydrogens is 352 g/mol. The molecule has 1 saturated carbocycles. The van der Waals surface area contributed by atoms with Gasteiger partial charge in [0.05, 0.1) is 11.6 Å². The summed E-state index contributed by atoms with van der Waals surface area (Å²) < 4.78 is 0. The second-order valence-electron chi connectivity index (χ2n) is 11.0. The Balaban J connectivity index is 2.06. The number of carbonyl (C=O) groups is 2. The zero-order valence-electron chi connectivity index (χ0n) is 19.2. The van der Waals surface area contributed by atoms with E-state index in [1.165, 1.54) is 0 Å². The summed E-state index contributed by atoms with van der Waals surface area (Å²) in [6.45, 7) is 16.4. The van der Waals surface area contributed by atoms with Crippen LogP contribution in [0.25, 0.3) is 0 Å². The highest BCUT2D eigenvalue weighted by Gasteiger charge is 2.62. The lowest BCUT2D eigenvalue weighted by atomic mass is 9.85. The fourth-order valence-corrected chi connectivity index (χ4v) is 4.19. The standard InChI is InChI=1S/C22H42N4O2/c1-15(23-8)18(27)25-17(21(5,6)7)19(28)26-13-9-10-22(26)14-16(22)24-12-11-20(2,3)4/h15-17,23-24H,9-14H2,1-8H3,(H,25,27)/t15-,16?,17+,22?/m0/s1. The lowest BCUT2D eigenvalue weighted by Gasteiger charge is -2.37. The van der Waals surface area contributed by atoms with Crippen molar-refractivity contribution in [2.24, 2.45) is 10.8 Å². The van der Waals surface area contributed by atoms with Gasteiger partial charge in [0.15, 0.2) is 0 Å². The minimum absolute atomic E-state index is 0.0438. The second kappa shape index (κ2) is 8.31. The first kappa shape index (κ1) is 23.1. The first-order valence-corrected chi connectivity index (χ1v) is 10.8. The predicted octanol–water partition coefficient (Wildman–Crippen LogP) is 2.28. The van der Waals surface area contributed by atoms with Crippen LogP contribution >= 0.6 is 0 Å². The second-order valence-corrected chi connectivity index (χ2v) is 11.0. The summed E-state index contributed by atoms with van der Waals surface area (Å²) in [4.78, 5) is 28.1. The summed E-state index contributed by atoms with van der Waals surface area (Å²) >= 11 is 0. The monoisotopic (exact) mass is 394 g/mol. The van der Waals surface area contributed by atoms with Gasteiger partial charge in [-0.15, -0.1) is 0 Å². The Labute approximate surface area is 171 Å². The molecule has 2 unspecified atom stereocenters. The molecule has 6 heteroatoms. The van der Waals surface area contributed by atoms with E-state index in [-0.39, 0.29) is 28.8 Å². The highest BCUT2D eigenvalue weighted by atomic mass is 16.2. The van der Waals surface area contributed by atoms with Gasteiger partial charge in [-0.3, -0.25) is 9.59 Å². The quantitative estimate of drug-likeness (QED) is 0.619. The molecule has 1 heterocycles. The van der Waals surface area contributed by atoms with Crippen molar-refractivity contribution >= 4 is 11.8 Å². The molecule has 0 aromatic rings. The molecular formula is C22H42N4O2. The molecule has 0 aromatic carbocycles. The first-order chi connectivity index (χ1) is 12.8. The van der Waals surface area contributed by atoms with Gasteiger partial charge in [0.2, 0.25) is 11.8 Å². The Morgan fingerprint density at radius 3 is 2.36 bits per heavy atom. The number of nitrogens with zero attached hydrogens (tertiary/aromatic N) is 1. The third-order valence-corrected chi connectivity index (χ3v) is 6.33. The molecule has 0 aromatic heterocycles. The molecule has 1 saturated heterocycles. The van der Waals surface area contributed by atoms with Gasteiger partial charge in [0.1, 0.15) is 6.04 Å². The average molecular weight is 395 g/mol. The number of likely N-dealkylation sites (tertiary alicyclic amines) is 1. The topological polar surface area (TPSA) is 73.5 Å². The molecule has 28 heavy (non-hydrogen) atoms. The van der Waals surface area contributed by atoms with Gasteiger partial charge in [0.25, 0.3) is 0 Å². The molecule has 1 aliphatic carbocycles. The summed E-state index contributed by atoms with van der Waals surface area (Å²) in [6.07, 6.45) is 4.25. The lowest BCUT2D eigenvalue weighted by Crippen LogP contribution is -2.59. The molecule has 2 amide bonds. The van der Waals surface area contributed by atoms with Gasteiger partial charge in [-0.25, -0.2) is 0 Å². The Morgan fingerprint density at radius 1 is 1.18 bits per heavy atom. The number of rotatable bonds is 7. The highest BCUT2D eigenvalue weighted by molar-refractivity contribution is 5.91. The molecule has 0 radical (unpaired) electrons. The largest absolute Gasteiger partial charge is 0.342 e. The van der Waals surface area contributed by atoms with Crippen molar-refractivity contribution in [3.8, 4) is 0 Å². The fourth-order valence-electron chi connectivity index (χ4n) is 4.19. The Kier molecular flexibility index (Phi) is 6.87. The van der Waals surface area contributed by atoms with E-state index in [4.69, 9.17) is 0 Å². The maximum atomic E-state index is 13.5. The summed E-state index contributed by atoms with van der Waals surface area (Å²) in [5.41, 5.74) is -0.0717. The van der Waals surface area contributed by atoms with Gasteiger partial charge in [0, 0.05) is 12.6 Å². The van der Waals surface area contributed by atoms with Crippen LogP contribution in [0.2, 0.25) is 0 Å². The first-order valence-electron chi connectivity index (χ1n) is 10.8. The van der Waals surface area contributed by atoms with Crippen molar-refractivity contribution in [2.45, 2.75) is 97.8 Å². The van der Waals surface area contributed by atoms with Crippen LogP contribution in [-0.4, -0.2) is 60.5 Å². The van der Waals surface area contributed by atoms with E-state index in [0.717, 1.165) is 38.8 Å². The Bertz CT molecular complexity index is 578. The van der Waals surface area contributed by atoms with Gasteiger partial charge < -0.3 is 20.9 Å². The van der Waals surface area contributed by atoms with E-state index >= 15 is 0 Å². The molecule has 0 bridgehead atoms. The van der Waals surface area contributed by atoms with E-state index in [2.05, 4.69) is 41.6 Å². The molecule has 2 rings (SSSR count). The summed E-state index contributed by atoms with van der Waals surface area (Å²) in [5.74, 6) is -0.0542. The van der Waals surface area contributed by atoms with Gasteiger partial charge in [-0.1, -0.05) is 41.5 Å². The van der Waals surface area contributed by atoms with Crippen LogP contribution in [0.3, 0.4) is 0 Å². The van der Waals surface area contributed by atoms with Crippen LogP contribution in [0, 0.1) is 10.8 Å². The summed E-state index contributed by atoms with van der Waals surface area (Å²) in [7, 11) is 1.76. The molecule has 6 nitrogen and oxygen atoms in total. The average Bonchev–Trinajstić information content (AvgIpc) is 3.07. The van der Waals surface area contributed by atoms with Crippen LogP contribution in [0.1, 0.15) is 74.1 Å². The van der Waals surface area contributed by atoms with Crippen LogP contribution in [0.15, 0.2) is 0 Å². The zero-order valence-corrected chi connectivity index (χ0v) is 19.2. The van der Waals surface area contributed by atoms with E-state index in [1.54, 1.807) is 7.05 Å². The molecule has 1 aliphatic heterocycles. The van der Waals surface area contributed by atoms with Crippen molar-refractivity contribution in [1.82, 2.24) is 20.9 Å². The van der Waals surface area contributed by atoms with Gasteiger partial charge in [-0.2, -0.15) is 0 Å². The number of hydrogen-bond donors (Lipinski definition) is 3. The normalized spacial score (nSPS) is 27.0. The molecule has 3 N–H and O–H groups in total. The number of likely N-dealkylation sites (N-methyl/N-ethyl adjacent to an activating group) is 1. The Hall–Kier alpha value is -1.14. The SMILES string of the molecule is CN[C@@H](C)C(=O)N[C@H](C(=O)N1CCCC12CC2NCCC(C)(C)C)C(C)(C)C. The third kappa shape index (κ3) is 5.26. The summed E-state index contributed by atoms with van der Waals surface area (Å²) in [6, 6.07) is -0.451. The van der Waals surface area contributed by atoms with E-state index in [0.29, 0.717) is 11.5 Å². The third-order valence-electron chi connectivity index (χ3n) is 6.33. The van der Waals surface area contributed by atoms with E-state index < -0.39 is 6.04 Å². The smallest absolute Gasteiger partial charge is 0.246 e. The molecule has 4 atom stereocenters. The van der Waals surface area contributed by atoms with Crippen molar-refractivity contribution in [2.75, 3.05) is 20.1 Å². The van der Waals surface area contributed by atoms with Crippen LogP contribution in [0.4, 0.5) is 0 Å².